The van der Waals surface area contributed by atoms with Gasteiger partial charge in [-0.05, 0) is 50.4 Å². The zero-order chi connectivity index (χ0) is 15.6. The van der Waals surface area contributed by atoms with E-state index in [1.165, 1.54) is 12.1 Å². The SMILES string of the molecule is Cc1cc([N+](=O)[O-])c(S(=O)(=O)N[C@H]2CCCNC2)cc1C.Cl. The van der Waals surface area contributed by atoms with Gasteiger partial charge in [0, 0.05) is 18.7 Å². The second-order valence-corrected chi connectivity index (χ2v) is 7.01. The van der Waals surface area contributed by atoms with Gasteiger partial charge in [0.05, 0.1) is 4.92 Å². The van der Waals surface area contributed by atoms with Crippen molar-refractivity contribution in [2.24, 2.45) is 0 Å². The second kappa shape index (κ2) is 7.36. The third-order valence-corrected chi connectivity index (χ3v) is 5.23. The molecule has 9 heteroatoms. The summed E-state index contributed by atoms with van der Waals surface area (Å²) in [7, 11) is -3.91. The van der Waals surface area contributed by atoms with E-state index in [2.05, 4.69) is 10.0 Å². The Bertz CT molecular complexity index is 657. The molecule has 7 nitrogen and oxygen atoms in total. The van der Waals surface area contributed by atoms with Crippen molar-refractivity contribution in [1.82, 2.24) is 10.0 Å². The molecule has 1 saturated heterocycles. The van der Waals surface area contributed by atoms with Gasteiger partial charge < -0.3 is 5.32 Å². The number of piperidine rings is 1. The van der Waals surface area contributed by atoms with Gasteiger partial charge in [0.2, 0.25) is 10.0 Å². The lowest BCUT2D eigenvalue weighted by atomic mass is 10.1. The Labute approximate surface area is 136 Å². The number of sulfonamides is 1. The maximum atomic E-state index is 12.4. The molecule has 1 aromatic rings. The van der Waals surface area contributed by atoms with E-state index in [0.29, 0.717) is 17.7 Å². The zero-order valence-corrected chi connectivity index (χ0v) is 14.1. The Kier molecular flexibility index (Phi) is 6.30. The van der Waals surface area contributed by atoms with Crippen LogP contribution in [0, 0.1) is 24.0 Å². The van der Waals surface area contributed by atoms with Gasteiger partial charge in [-0.15, -0.1) is 12.4 Å². The lowest BCUT2D eigenvalue weighted by Gasteiger charge is -2.23. The van der Waals surface area contributed by atoms with Gasteiger partial charge in [0.25, 0.3) is 5.69 Å². The first-order valence-corrected chi connectivity index (χ1v) is 8.28. The van der Waals surface area contributed by atoms with Crippen LogP contribution in [0.25, 0.3) is 0 Å². The molecule has 1 aliphatic heterocycles. The molecule has 0 amide bonds. The smallest absolute Gasteiger partial charge is 0.289 e. The third kappa shape index (κ3) is 4.16. The van der Waals surface area contributed by atoms with Crippen molar-refractivity contribution >= 4 is 28.1 Å². The van der Waals surface area contributed by atoms with Crippen molar-refractivity contribution in [3.05, 3.63) is 33.4 Å². The lowest BCUT2D eigenvalue weighted by Crippen LogP contribution is -2.45. The normalized spacial score (nSPS) is 18.5. The topological polar surface area (TPSA) is 101 Å². The molecule has 0 spiro atoms. The van der Waals surface area contributed by atoms with Crippen molar-refractivity contribution in [2.45, 2.75) is 37.6 Å². The molecule has 124 valence electrons. The summed E-state index contributed by atoms with van der Waals surface area (Å²) < 4.78 is 27.5. The van der Waals surface area contributed by atoms with Gasteiger partial charge in [-0.3, -0.25) is 10.1 Å². The van der Waals surface area contributed by atoms with Crippen LogP contribution in [0.2, 0.25) is 0 Å². The number of halogens is 1. The average Bonchev–Trinajstić information content (AvgIpc) is 2.41. The molecule has 22 heavy (non-hydrogen) atoms. The molecule has 0 aliphatic carbocycles. The fourth-order valence-electron chi connectivity index (χ4n) is 2.37. The first-order valence-electron chi connectivity index (χ1n) is 6.80. The van der Waals surface area contributed by atoms with Crippen LogP contribution in [0.3, 0.4) is 0 Å². The van der Waals surface area contributed by atoms with E-state index in [4.69, 9.17) is 0 Å². The fraction of sp³-hybridized carbons (Fsp3) is 0.538. The average molecular weight is 350 g/mol. The molecule has 0 radical (unpaired) electrons. The van der Waals surface area contributed by atoms with Crippen LogP contribution in [-0.4, -0.2) is 32.5 Å². The van der Waals surface area contributed by atoms with Gasteiger partial charge >= 0.3 is 0 Å². The van der Waals surface area contributed by atoms with Gasteiger partial charge in [-0.2, -0.15) is 0 Å². The van der Waals surface area contributed by atoms with Gasteiger partial charge in [-0.1, -0.05) is 0 Å². The number of hydrogen-bond acceptors (Lipinski definition) is 5. The monoisotopic (exact) mass is 349 g/mol. The van der Waals surface area contributed by atoms with Crippen LogP contribution in [0.15, 0.2) is 17.0 Å². The minimum atomic E-state index is -3.91. The van der Waals surface area contributed by atoms with E-state index < -0.39 is 14.9 Å². The van der Waals surface area contributed by atoms with Crippen molar-refractivity contribution in [3.8, 4) is 0 Å². The van der Waals surface area contributed by atoms with Crippen LogP contribution in [0.4, 0.5) is 5.69 Å². The number of nitrogens with zero attached hydrogens (tertiary/aromatic N) is 1. The van der Waals surface area contributed by atoms with E-state index in [0.717, 1.165) is 19.4 Å². The Balaban J connectivity index is 0.00000242. The fourth-order valence-corrected chi connectivity index (χ4v) is 3.88. The van der Waals surface area contributed by atoms with Crippen molar-refractivity contribution in [2.75, 3.05) is 13.1 Å². The highest BCUT2D eigenvalue weighted by Crippen LogP contribution is 2.27. The van der Waals surface area contributed by atoms with E-state index in [1.54, 1.807) is 13.8 Å². The minimum Gasteiger partial charge on any atom is -0.315 e. The highest BCUT2D eigenvalue weighted by molar-refractivity contribution is 7.89. The standard InChI is InChI=1S/C13H19N3O4S.ClH/c1-9-6-12(16(17)18)13(7-10(9)2)21(19,20)15-11-4-3-5-14-8-11;/h6-7,11,14-15H,3-5,8H2,1-2H3;1H/t11-;/m0./s1. The van der Waals surface area contributed by atoms with Gasteiger partial charge in [-0.25, -0.2) is 13.1 Å². The second-order valence-electron chi connectivity index (χ2n) is 5.33. The highest BCUT2D eigenvalue weighted by Gasteiger charge is 2.29. The summed E-state index contributed by atoms with van der Waals surface area (Å²) in [5.74, 6) is 0. The molecule has 1 aromatic carbocycles. The molecular weight excluding hydrogens is 330 g/mol. The number of nitrogens with one attached hydrogen (secondary N) is 2. The van der Waals surface area contributed by atoms with Crippen LogP contribution < -0.4 is 10.0 Å². The third-order valence-electron chi connectivity index (χ3n) is 3.68. The van der Waals surface area contributed by atoms with E-state index >= 15 is 0 Å². The van der Waals surface area contributed by atoms with Crippen LogP contribution in [0.5, 0.6) is 0 Å². The van der Waals surface area contributed by atoms with Crippen molar-refractivity contribution in [3.63, 3.8) is 0 Å². The molecule has 1 aliphatic rings. The number of aryl methyl sites for hydroxylation is 2. The number of rotatable bonds is 4. The quantitative estimate of drug-likeness (QED) is 0.636. The maximum Gasteiger partial charge on any atom is 0.289 e. The summed E-state index contributed by atoms with van der Waals surface area (Å²) in [5.41, 5.74) is 1.03. The van der Waals surface area contributed by atoms with Crippen LogP contribution in [-0.2, 0) is 10.0 Å². The summed E-state index contributed by atoms with van der Waals surface area (Å²) in [6.45, 7) is 4.86. The number of nitro groups is 1. The molecule has 1 heterocycles. The Morgan fingerprint density at radius 2 is 1.95 bits per heavy atom. The Morgan fingerprint density at radius 1 is 1.32 bits per heavy atom. The molecule has 0 bridgehead atoms. The Morgan fingerprint density at radius 3 is 2.50 bits per heavy atom. The van der Waals surface area contributed by atoms with Crippen molar-refractivity contribution in [1.29, 1.82) is 0 Å². The molecule has 2 rings (SSSR count). The summed E-state index contributed by atoms with van der Waals surface area (Å²) in [6.07, 6.45) is 1.60. The molecule has 0 aromatic heterocycles. The van der Waals surface area contributed by atoms with Crippen LogP contribution in [0.1, 0.15) is 24.0 Å². The largest absolute Gasteiger partial charge is 0.315 e. The van der Waals surface area contributed by atoms with E-state index in [1.807, 2.05) is 0 Å². The predicted octanol–water partition coefficient (Wildman–Crippen LogP) is 1.66. The molecule has 0 saturated carbocycles. The first-order chi connectivity index (χ1) is 9.81. The zero-order valence-electron chi connectivity index (χ0n) is 12.5. The molecule has 1 atom stereocenters. The van der Waals surface area contributed by atoms with Gasteiger partial charge in [0.1, 0.15) is 0 Å². The number of benzene rings is 1. The Hall–Kier alpha value is -1.22. The highest BCUT2D eigenvalue weighted by atomic mass is 35.5. The lowest BCUT2D eigenvalue weighted by molar-refractivity contribution is -0.387. The number of nitro benzene ring substituents is 1. The molecular formula is C13H20ClN3O4S. The summed E-state index contributed by atoms with van der Waals surface area (Å²) in [4.78, 5) is 10.2. The molecule has 1 fully saturated rings. The molecule has 2 N–H and O–H groups in total. The minimum absolute atomic E-state index is 0. The molecule has 0 unspecified atom stereocenters. The summed E-state index contributed by atoms with van der Waals surface area (Å²) in [5, 5.41) is 14.2. The van der Waals surface area contributed by atoms with Gasteiger partial charge in [0.15, 0.2) is 4.90 Å². The van der Waals surface area contributed by atoms with E-state index in [-0.39, 0.29) is 29.0 Å². The van der Waals surface area contributed by atoms with Crippen LogP contribution >= 0.6 is 12.4 Å². The van der Waals surface area contributed by atoms with Crippen molar-refractivity contribution < 1.29 is 13.3 Å². The maximum absolute atomic E-state index is 12.4. The first kappa shape index (κ1) is 18.8. The number of hydrogen-bond donors (Lipinski definition) is 2. The summed E-state index contributed by atoms with van der Waals surface area (Å²) in [6, 6.07) is 2.44. The predicted molar refractivity (Wildman–Crippen MR) is 86.0 cm³/mol. The summed E-state index contributed by atoms with van der Waals surface area (Å²) >= 11 is 0. The van der Waals surface area contributed by atoms with E-state index in [9.17, 15) is 18.5 Å².